The Kier molecular flexibility index (Phi) is 5.01. The van der Waals surface area contributed by atoms with Gasteiger partial charge >= 0.3 is 0 Å². The molecule has 0 aromatic carbocycles. The van der Waals surface area contributed by atoms with Crippen molar-refractivity contribution in [1.82, 2.24) is 5.32 Å². The highest BCUT2D eigenvalue weighted by Gasteiger charge is 2.30. The number of aliphatic hydroxyl groups excluding tert-OH is 1. The third kappa shape index (κ3) is 3.44. The summed E-state index contributed by atoms with van der Waals surface area (Å²) in [5, 5.41) is 11.7. The second-order valence-electron chi connectivity index (χ2n) is 3.86. The molecule has 0 saturated carbocycles. The monoisotopic (exact) mass is 216 g/mol. The van der Waals surface area contributed by atoms with Crippen LogP contribution in [-0.2, 0) is 9.53 Å². The van der Waals surface area contributed by atoms with Gasteiger partial charge in [0, 0.05) is 6.54 Å². The smallest absolute Gasteiger partial charge is 0.249 e. The Morgan fingerprint density at radius 1 is 1.67 bits per heavy atom. The Morgan fingerprint density at radius 2 is 2.40 bits per heavy atom. The van der Waals surface area contributed by atoms with E-state index in [4.69, 9.17) is 15.6 Å². The van der Waals surface area contributed by atoms with E-state index in [1.807, 2.05) is 6.92 Å². The predicted molar refractivity (Wildman–Crippen MR) is 56.3 cm³/mol. The molecular formula is C10H20N2O3. The van der Waals surface area contributed by atoms with Crippen molar-refractivity contribution in [2.45, 2.75) is 44.4 Å². The third-order valence-corrected chi connectivity index (χ3v) is 2.72. The van der Waals surface area contributed by atoms with Gasteiger partial charge in [0.2, 0.25) is 5.91 Å². The van der Waals surface area contributed by atoms with Gasteiger partial charge in [0.25, 0.3) is 0 Å². The Morgan fingerprint density at radius 3 is 2.87 bits per heavy atom. The number of nitrogens with two attached hydrogens (primary N) is 1. The van der Waals surface area contributed by atoms with E-state index in [2.05, 4.69) is 5.32 Å². The van der Waals surface area contributed by atoms with E-state index < -0.39 is 0 Å². The molecule has 4 N–H and O–H groups in total. The molecule has 0 aromatic rings. The van der Waals surface area contributed by atoms with Crippen molar-refractivity contribution in [2.75, 3.05) is 13.2 Å². The van der Waals surface area contributed by atoms with Crippen molar-refractivity contribution in [2.24, 2.45) is 5.73 Å². The van der Waals surface area contributed by atoms with Crippen LogP contribution in [0.3, 0.4) is 0 Å². The first-order valence-electron chi connectivity index (χ1n) is 5.48. The van der Waals surface area contributed by atoms with Crippen molar-refractivity contribution in [3.05, 3.63) is 0 Å². The molecule has 0 spiro atoms. The van der Waals surface area contributed by atoms with Crippen LogP contribution in [0.1, 0.15) is 26.2 Å². The molecule has 0 radical (unpaired) electrons. The van der Waals surface area contributed by atoms with Crippen molar-refractivity contribution >= 4 is 5.91 Å². The Bertz CT molecular complexity index is 207. The summed E-state index contributed by atoms with van der Waals surface area (Å²) >= 11 is 0. The summed E-state index contributed by atoms with van der Waals surface area (Å²) in [6.07, 6.45) is 1.89. The van der Waals surface area contributed by atoms with Gasteiger partial charge in [-0.1, -0.05) is 6.92 Å². The molecule has 1 aliphatic heterocycles. The van der Waals surface area contributed by atoms with E-state index in [-0.39, 0.29) is 30.8 Å². The number of hydrogen-bond donors (Lipinski definition) is 3. The summed E-state index contributed by atoms with van der Waals surface area (Å²) < 4.78 is 5.44. The fraction of sp³-hybridized carbons (Fsp3) is 0.900. The van der Waals surface area contributed by atoms with Crippen LogP contribution in [0.5, 0.6) is 0 Å². The number of rotatable bonds is 5. The molecule has 88 valence electrons. The summed E-state index contributed by atoms with van der Waals surface area (Å²) in [5.74, 6) is -0.133. The van der Waals surface area contributed by atoms with Crippen LogP contribution < -0.4 is 11.1 Å². The molecule has 1 saturated heterocycles. The summed E-state index contributed by atoms with van der Waals surface area (Å²) in [4.78, 5) is 11.6. The average molecular weight is 216 g/mol. The second kappa shape index (κ2) is 6.05. The first kappa shape index (κ1) is 12.4. The zero-order valence-corrected chi connectivity index (χ0v) is 9.11. The Balaban J connectivity index is 2.34. The largest absolute Gasteiger partial charge is 0.394 e. The molecule has 1 rings (SSSR count). The minimum Gasteiger partial charge on any atom is -0.394 e. The van der Waals surface area contributed by atoms with E-state index in [1.54, 1.807) is 0 Å². The zero-order valence-electron chi connectivity index (χ0n) is 9.11. The second-order valence-corrected chi connectivity index (χ2v) is 3.86. The lowest BCUT2D eigenvalue weighted by molar-refractivity contribution is -0.132. The lowest BCUT2D eigenvalue weighted by atomic mass is 10.1. The van der Waals surface area contributed by atoms with Crippen LogP contribution in [0.15, 0.2) is 0 Å². The number of ether oxygens (including phenoxy) is 1. The minimum atomic E-state index is -0.390. The molecule has 1 amide bonds. The van der Waals surface area contributed by atoms with Crippen LogP contribution in [0.2, 0.25) is 0 Å². The fourth-order valence-electron chi connectivity index (χ4n) is 1.64. The number of carbonyl (C=O) groups is 1. The van der Waals surface area contributed by atoms with Gasteiger partial charge in [-0.25, -0.2) is 0 Å². The van der Waals surface area contributed by atoms with E-state index in [9.17, 15) is 4.79 Å². The normalized spacial score (nSPS) is 27.7. The van der Waals surface area contributed by atoms with Gasteiger partial charge in [-0.2, -0.15) is 0 Å². The van der Waals surface area contributed by atoms with Gasteiger partial charge in [0.05, 0.1) is 18.8 Å². The lowest BCUT2D eigenvalue weighted by Crippen LogP contribution is -2.43. The van der Waals surface area contributed by atoms with Gasteiger partial charge in [-0.3, -0.25) is 4.79 Å². The maximum atomic E-state index is 11.6. The molecule has 0 aromatic heterocycles. The summed E-state index contributed by atoms with van der Waals surface area (Å²) in [5.41, 5.74) is 5.45. The molecule has 5 heteroatoms. The molecule has 1 heterocycles. The maximum Gasteiger partial charge on any atom is 0.249 e. The molecule has 5 nitrogen and oxygen atoms in total. The molecule has 15 heavy (non-hydrogen) atoms. The van der Waals surface area contributed by atoms with Gasteiger partial charge in [0.1, 0.15) is 6.10 Å². The van der Waals surface area contributed by atoms with Crippen LogP contribution >= 0.6 is 0 Å². The summed E-state index contributed by atoms with van der Waals surface area (Å²) in [6.45, 7) is 2.34. The molecular weight excluding hydrogens is 196 g/mol. The van der Waals surface area contributed by atoms with Crippen molar-refractivity contribution in [3.63, 3.8) is 0 Å². The number of carbonyl (C=O) groups excluding carboxylic acids is 1. The van der Waals surface area contributed by atoms with Crippen molar-refractivity contribution in [3.8, 4) is 0 Å². The van der Waals surface area contributed by atoms with Crippen LogP contribution in [-0.4, -0.2) is 42.4 Å². The van der Waals surface area contributed by atoms with E-state index in [1.165, 1.54) is 0 Å². The van der Waals surface area contributed by atoms with Crippen molar-refractivity contribution < 1.29 is 14.6 Å². The number of nitrogens with one attached hydrogen (secondary N) is 1. The molecule has 1 fully saturated rings. The Labute approximate surface area is 90.0 Å². The van der Waals surface area contributed by atoms with Crippen LogP contribution in [0.4, 0.5) is 0 Å². The summed E-state index contributed by atoms with van der Waals surface area (Å²) in [7, 11) is 0. The molecule has 1 aliphatic rings. The quantitative estimate of drug-likeness (QED) is 0.572. The van der Waals surface area contributed by atoms with Crippen LogP contribution in [0.25, 0.3) is 0 Å². The fourth-order valence-corrected chi connectivity index (χ4v) is 1.64. The standard InChI is InChI=1S/C10H20N2O3/c1-2-7(6-13)12-10(14)9-4-3-8(5-11)15-9/h7-9,13H,2-6,11H2,1H3,(H,12,14)/t7-,8?,9?/m1/s1. The number of hydrogen-bond acceptors (Lipinski definition) is 4. The topological polar surface area (TPSA) is 84.6 Å². The van der Waals surface area contributed by atoms with Gasteiger partial charge < -0.3 is 20.9 Å². The first-order chi connectivity index (χ1) is 7.21. The van der Waals surface area contributed by atoms with E-state index >= 15 is 0 Å². The number of amides is 1. The maximum absolute atomic E-state index is 11.6. The lowest BCUT2D eigenvalue weighted by Gasteiger charge is -2.17. The third-order valence-electron chi connectivity index (χ3n) is 2.72. The zero-order chi connectivity index (χ0) is 11.3. The van der Waals surface area contributed by atoms with Gasteiger partial charge in [-0.15, -0.1) is 0 Å². The van der Waals surface area contributed by atoms with E-state index in [0.717, 1.165) is 19.3 Å². The van der Waals surface area contributed by atoms with E-state index in [0.29, 0.717) is 6.54 Å². The highest BCUT2D eigenvalue weighted by molar-refractivity contribution is 5.81. The highest BCUT2D eigenvalue weighted by atomic mass is 16.5. The number of aliphatic hydroxyl groups is 1. The SMILES string of the molecule is CC[C@H](CO)NC(=O)C1CCC(CN)O1. The molecule has 2 unspecified atom stereocenters. The highest BCUT2D eigenvalue weighted by Crippen LogP contribution is 2.18. The Hall–Kier alpha value is -0.650. The van der Waals surface area contributed by atoms with Gasteiger partial charge in [0.15, 0.2) is 0 Å². The average Bonchev–Trinajstić information content (AvgIpc) is 2.74. The van der Waals surface area contributed by atoms with Gasteiger partial charge in [-0.05, 0) is 19.3 Å². The van der Waals surface area contributed by atoms with Crippen molar-refractivity contribution in [1.29, 1.82) is 0 Å². The summed E-state index contributed by atoms with van der Waals surface area (Å²) in [6, 6.07) is -0.168. The molecule has 0 aliphatic carbocycles. The predicted octanol–water partition coefficient (Wildman–Crippen LogP) is -0.620. The first-order valence-corrected chi connectivity index (χ1v) is 5.48. The molecule has 0 bridgehead atoms. The minimum absolute atomic E-state index is 0.00922. The van der Waals surface area contributed by atoms with Crippen LogP contribution in [0, 0.1) is 0 Å². The molecule has 3 atom stereocenters.